The van der Waals surface area contributed by atoms with E-state index in [9.17, 15) is 19.2 Å². The summed E-state index contributed by atoms with van der Waals surface area (Å²) >= 11 is 5.81. The number of anilines is 2. The Labute approximate surface area is 147 Å². The van der Waals surface area contributed by atoms with Gasteiger partial charge < -0.3 is 10.6 Å². The molecule has 1 aliphatic rings. The maximum Gasteiger partial charge on any atom is 0.332 e. The molecular weight excluding hydrogens is 348 g/mol. The number of fused-ring (bicyclic) bond motifs is 1. The number of benzene rings is 1. The summed E-state index contributed by atoms with van der Waals surface area (Å²) in [4.78, 5) is 49.2. The lowest BCUT2D eigenvalue weighted by Crippen LogP contribution is -2.45. The third-order valence-electron chi connectivity index (χ3n) is 4.12. The van der Waals surface area contributed by atoms with Crippen molar-refractivity contribution in [2.24, 2.45) is 14.1 Å². The zero-order valence-electron chi connectivity index (χ0n) is 13.5. The number of halogens is 1. The molecule has 2 N–H and O–H groups in total. The lowest BCUT2D eigenvalue weighted by Gasteiger charge is -2.26. The summed E-state index contributed by atoms with van der Waals surface area (Å²) < 4.78 is 2.06. The Balaban J connectivity index is 2.06. The monoisotopic (exact) mass is 362 g/mol. The molecule has 3 rings (SSSR count). The number of hydrogen-bond donors (Lipinski definition) is 2. The third-order valence-corrected chi connectivity index (χ3v) is 4.38. The second-order valence-electron chi connectivity index (χ2n) is 5.77. The second kappa shape index (κ2) is 6.21. The Morgan fingerprint density at radius 1 is 1.16 bits per heavy atom. The zero-order chi connectivity index (χ0) is 18.3. The van der Waals surface area contributed by atoms with Crippen LogP contribution in [0.4, 0.5) is 11.5 Å². The van der Waals surface area contributed by atoms with Crippen LogP contribution in [0.2, 0.25) is 5.02 Å². The predicted octanol–water partition coefficient (Wildman–Crippen LogP) is 0.802. The van der Waals surface area contributed by atoms with E-state index in [1.807, 2.05) is 0 Å². The summed E-state index contributed by atoms with van der Waals surface area (Å²) in [6.45, 7) is 0. The van der Waals surface area contributed by atoms with Gasteiger partial charge in [0.2, 0.25) is 11.8 Å². The van der Waals surface area contributed by atoms with Crippen molar-refractivity contribution in [3.05, 3.63) is 55.7 Å². The maximum atomic E-state index is 12.7. The highest BCUT2D eigenvalue weighted by Crippen LogP contribution is 2.29. The van der Waals surface area contributed by atoms with Gasteiger partial charge >= 0.3 is 5.69 Å². The first kappa shape index (κ1) is 17.0. The molecule has 0 radical (unpaired) electrons. The van der Waals surface area contributed by atoms with Gasteiger partial charge in [-0.25, -0.2) is 4.79 Å². The van der Waals surface area contributed by atoms with Crippen molar-refractivity contribution in [3.8, 4) is 0 Å². The molecule has 0 spiro atoms. The van der Waals surface area contributed by atoms with E-state index in [4.69, 9.17) is 11.6 Å². The van der Waals surface area contributed by atoms with Gasteiger partial charge in [0, 0.05) is 31.2 Å². The van der Waals surface area contributed by atoms with Gasteiger partial charge in [0.05, 0.1) is 11.5 Å². The van der Waals surface area contributed by atoms with Crippen LogP contribution in [-0.2, 0) is 23.7 Å². The fourth-order valence-electron chi connectivity index (χ4n) is 2.79. The van der Waals surface area contributed by atoms with Crippen LogP contribution in [0.5, 0.6) is 0 Å². The maximum absolute atomic E-state index is 12.7. The summed E-state index contributed by atoms with van der Waals surface area (Å²) in [5.74, 6) is -1.88. The van der Waals surface area contributed by atoms with Crippen LogP contribution in [0, 0.1) is 0 Å². The van der Waals surface area contributed by atoms with Crippen LogP contribution in [0.25, 0.3) is 0 Å². The average Bonchev–Trinajstić information content (AvgIpc) is 2.59. The van der Waals surface area contributed by atoms with Gasteiger partial charge in [-0.3, -0.25) is 23.5 Å². The Bertz CT molecular complexity index is 991. The van der Waals surface area contributed by atoms with E-state index >= 15 is 0 Å². The first-order chi connectivity index (χ1) is 11.8. The molecule has 0 fully saturated rings. The van der Waals surface area contributed by atoms with Crippen molar-refractivity contribution in [1.29, 1.82) is 0 Å². The summed E-state index contributed by atoms with van der Waals surface area (Å²) in [6, 6.07) is 6.45. The van der Waals surface area contributed by atoms with Crippen LogP contribution >= 0.6 is 11.6 Å². The number of amides is 2. The Hall–Kier alpha value is -2.87. The highest BCUT2D eigenvalue weighted by atomic mass is 35.5. The standard InChI is InChI=1S/C16H15ClN4O4/c1-20-13-12(15(24)21(2)16(20)25)10(7-11(22)19-13)14(23)18-9-5-3-8(17)4-6-9/h3-6,10H,7H2,1-2H3,(H,18,23)(H,19,22). The van der Waals surface area contributed by atoms with E-state index in [0.29, 0.717) is 10.7 Å². The van der Waals surface area contributed by atoms with Crippen molar-refractivity contribution in [3.63, 3.8) is 0 Å². The number of nitrogens with zero attached hydrogens (tertiary/aromatic N) is 2. The van der Waals surface area contributed by atoms with Crippen molar-refractivity contribution >= 4 is 34.9 Å². The molecule has 1 aromatic carbocycles. The van der Waals surface area contributed by atoms with E-state index in [1.54, 1.807) is 24.3 Å². The van der Waals surface area contributed by atoms with Gasteiger partial charge in [0.25, 0.3) is 5.56 Å². The van der Waals surface area contributed by atoms with Gasteiger partial charge in [-0.15, -0.1) is 0 Å². The molecule has 0 bridgehead atoms. The predicted molar refractivity (Wildman–Crippen MR) is 93.0 cm³/mol. The minimum Gasteiger partial charge on any atom is -0.326 e. The van der Waals surface area contributed by atoms with Crippen molar-refractivity contribution in [2.75, 3.05) is 10.6 Å². The van der Waals surface area contributed by atoms with E-state index in [1.165, 1.54) is 14.1 Å². The summed E-state index contributed by atoms with van der Waals surface area (Å²) in [5, 5.41) is 5.69. The molecule has 0 aliphatic carbocycles. The normalized spacial score (nSPS) is 16.1. The smallest absolute Gasteiger partial charge is 0.326 e. The quantitative estimate of drug-likeness (QED) is 0.824. The molecular formula is C16H15ClN4O4. The Kier molecular flexibility index (Phi) is 4.22. The third kappa shape index (κ3) is 2.96. The molecule has 1 aliphatic heterocycles. The number of carbonyl (C=O) groups excluding carboxylic acids is 2. The SMILES string of the molecule is Cn1c2c(c(=O)n(C)c1=O)C(C(=O)Nc1ccc(Cl)cc1)CC(=O)N2. The summed E-state index contributed by atoms with van der Waals surface area (Å²) in [5.41, 5.74) is -0.601. The van der Waals surface area contributed by atoms with Crippen molar-refractivity contribution in [2.45, 2.75) is 12.3 Å². The van der Waals surface area contributed by atoms with E-state index in [0.717, 1.165) is 9.13 Å². The largest absolute Gasteiger partial charge is 0.332 e. The van der Waals surface area contributed by atoms with Gasteiger partial charge in [0.1, 0.15) is 5.82 Å². The minimum absolute atomic E-state index is 0.0561. The molecule has 2 heterocycles. The number of rotatable bonds is 2. The number of hydrogen-bond acceptors (Lipinski definition) is 4. The van der Waals surface area contributed by atoms with Crippen molar-refractivity contribution < 1.29 is 9.59 Å². The first-order valence-corrected chi connectivity index (χ1v) is 7.83. The molecule has 8 nitrogen and oxygen atoms in total. The lowest BCUT2D eigenvalue weighted by molar-refractivity contribution is -0.123. The molecule has 9 heteroatoms. The average molecular weight is 363 g/mol. The molecule has 2 amide bonds. The first-order valence-electron chi connectivity index (χ1n) is 7.45. The molecule has 25 heavy (non-hydrogen) atoms. The lowest BCUT2D eigenvalue weighted by atomic mass is 9.92. The Morgan fingerprint density at radius 2 is 1.80 bits per heavy atom. The fraction of sp³-hybridized carbons (Fsp3) is 0.250. The van der Waals surface area contributed by atoms with Crippen molar-refractivity contribution in [1.82, 2.24) is 9.13 Å². The minimum atomic E-state index is -0.995. The van der Waals surface area contributed by atoms with Crippen LogP contribution < -0.4 is 21.9 Å². The Morgan fingerprint density at radius 3 is 2.44 bits per heavy atom. The molecule has 0 saturated carbocycles. The highest BCUT2D eigenvalue weighted by molar-refractivity contribution is 6.30. The summed E-state index contributed by atoms with van der Waals surface area (Å²) in [6.07, 6.45) is -0.181. The second-order valence-corrected chi connectivity index (χ2v) is 6.21. The molecule has 1 unspecified atom stereocenters. The number of aromatic nitrogens is 2. The highest BCUT2D eigenvalue weighted by Gasteiger charge is 2.35. The zero-order valence-corrected chi connectivity index (χ0v) is 14.3. The van der Waals surface area contributed by atoms with Crippen LogP contribution in [0.15, 0.2) is 33.9 Å². The van der Waals surface area contributed by atoms with Crippen LogP contribution in [0.1, 0.15) is 17.9 Å². The van der Waals surface area contributed by atoms with E-state index < -0.39 is 29.0 Å². The number of carbonyl (C=O) groups is 2. The molecule has 0 saturated heterocycles. The van der Waals surface area contributed by atoms with Gasteiger partial charge in [-0.05, 0) is 24.3 Å². The molecule has 130 valence electrons. The van der Waals surface area contributed by atoms with Gasteiger partial charge in [-0.2, -0.15) is 0 Å². The van der Waals surface area contributed by atoms with Crippen LogP contribution in [0.3, 0.4) is 0 Å². The van der Waals surface area contributed by atoms with Gasteiger partial charge in [0.15, 0.2) is 0 Å². The fourth-order valence-corrected chi connectivity index (χ4v) is 2.92. The molecule has 1 atom stereocenters. The van der Waals surface area contributed by atoms with E-state index in [-0.39, 0.29) is 17.8 Å². The van der Waals surface area contributed by atoms with Crippen LogP contribution in [-0.4, -0.2) is 20.9 Å². The topological polar surface area (TPSA) is 102 Å². The molecule has 1 aromatic heterocycles. The number of nitrogens with one attached hydrogen (secondary N) is 2. The summed E-state index contributed by atoms with van der Waals surface area (Å²) in [7, 11) is 2.76. The van der Waals surface area contributed by atoms with Gasteiger partial charge in [-0.1, -0.05) is 11.6 Å². The molecule has 2 aromatic rings. The van der Waals surface area contributed by atoms with E-state index in [2.05, 4.69) is 10.6 Å².